The zero-order valence-corrected chi connectivity index (χ0v) is 26.5. The molecule has 48 heavy (non-hydrogen) atoms. The number of carbonyl (C=O) groups is 2. The van der Waals surface area contributed by atoms with Gasteiger partial charge in [-0.3, -0.25) is 23.6 Å². The molecule has 14 nitrogen and oxygen atoms in total. The lowest BCUT2D eigenvalue weighted by Crippen LogP contribution is -2.44. The number of primary amides is 1. The number of aromatic hydroxyl groups is 1. The minimum atomic E-state index is -1.12. The minimum Gasteiger partial charge on any atom is -0.504 e. The predicted octanol–water partition coefficient (Wildman–Crippen LogP) is 2.51. The first-order chi connectivity index (χ1) is 23.0. The van der Waals surface area contributed by atoms with Gasteiger partial charge in [0, 0.05) is 37.6 Å². The fraction of sp³-hybridized carbons (Fsp3) is 0.250. The van der Waals surface area contributed by atoms with E-state index in [0.29, 0.717) is 36.8 Å². The van der Waals surface area contributed by atoms with E-state index in [4.69, 9.17) is 22.1 Å². The van der Waals surface area contributed by atoms with E-state index in [9.17, 15) is 23.9 Å². The highest BCUT2D eigenvalue weighted by atomic mass is 35.5. The molecule has 5 aromatic rings. The number of anilines is 2. The summed E-state index contributed by atoms with van der Waals surface area (Å²) in [5.74, 6) is 2.83. The third-order valence-electron chi connectivity index (χ3n) is 7.76. The SMILES string of the molecule is C[C@H]1COCCN1c1cc(NC(=O)Cn2cc(-c3cc(F)c(O)c(C(N)=O)c3)c3c(=O)n(CC#Cc4cnn(C)c4)cnc32)c(Cl)cn1. The summed E-state index contributed by atoms with van der Waals surface area (Å²) in [7, 11) is 1.75. The first kappa shape index (κ1) is 32.2. The Bertz CT molecular complexity index is 2200. The largest absolute Gasteiger partial charge is 0.504 e. The molecule has 1 atom stereocenters. The maximum Gasteiger partial charge on any atom is 0.264 e. The van der Waals surface area contributed by atoms with Crippen LogP contribution in [0.5, 0.6) is 5.75 Å². The summed E-state index contributed by atoms with van der Waals surface area (Å²) in [5, 5.41) is 17.2. The molecule has 1 aliphatic heterocycles. The van der Waals surface area contributed by atoms with Crippen LogP contribution in [0, 0.1) is 17.7 Å². The monoisotopic (exact) mass is 673 g/mol. The normalized spacial score (nSPS) is 14.5. The van der Waals surface area contributed by atoms with Crippen LogP contribution in [0.15, 0.2) is 54.1 Å². The lowest BCUT2D eigenvalue weighted by molar-refractivity contribution is -0.116. The summed E-state index contributed by atoms with van der Waals surface area (Å²) in [6.07, 6.45) is 7.49. The fourth-order valence-electron chi connectivity index (χ4n) is 5.41. The number of pyridine rings is 1. The van der Waals surface area contributed by atoms with Crippen molar-refractivity contribution in [1.82, 2.24) is 28.9 Å². The maximum absolute atomic E-state index is 14.8. The van der Waals surface area contributed by atoms with Gasteiger partial charge in [0.05, 0.1) is 65.4 Å². The predicted molar refractivity (Wildman–Crippen MR) is 175 cm³/mol. The van der Waals surface area contributed by atoms with E-state index in [1.54, 1.807) is 30.2 Å². The Hall–Kier alpha value is -5.72. The summed E-state index contributed by atoms with van der Waals surface area (Å²) in [6.45, 7) is 3.34. The molecule has 1 aliphatic rings. The summed E-state index contributed by atoms with van der Waals surface area (Å²) in [4.78, 5) is 50.2. The van der Waals surface area contributed by atoms with Gasteiger partial charge < -0.3 is 30.4 Å². The standard InChI is InChI=1S/C32H29ClFN9O5/c1-18-16-48-7-6-43(18)26-10-25(23(33)12-36-26)39-27(44)15-42-14-22(20-8-21(30(35)46)29(45)24(34)9-20)28-31(42)37-17-41(32(28)47)5-3-4-19-11-38-40(2)13-19/h8-14,17-18,45H,5-7,15-16H2,1-2H3,(H2,35,46)(H,36,39,44)/t18-/m0/s1. The highest BCUT2D eigenvalue weighted by Gasteiger charge is 2.24. The maximum atomic E-state index is 14.8. The number of hydrogen-bond donors (Lipinski definition) is 3. The lowest BCUT2D eigenvalue weighted by Gasteiger charge is -2.34. The molecule has 0 radical (unpaired) electrons. The van der Waals surface area contributed by atoms with E-state index >= 15 is 0 Å². The Labute approximate surface area is 277 Å². The van der Waals surface area contributed by atoms with Crippen molar-refractivity contribution in [2.75, 3.05) is 30.0 Å². The van der Waals surface area contributed by atoms with Crippen LogP contribution in [0.3, 0.4) is 0 Å². The number of rotatable bonds is 7. The van der Waals surface area contributed by atoms with Crippen molar-refractivity contribution in [2.45, 2.75) is 26.1 Å². The summed E-state index contributed by atoms with van der Waals surface area (Å²) in [6, 6.07) is 3.88. The Balaban J connectivity index is 1.37. The molecular formula is C32H29ClFN9O5. The van der Waals surface area contributed by atoms with E-state index in [0.717, 1.165) is 6.07 Å². The van der Waals surface area contributed by atoms with Gasteiger partial charge >= 0.3 is 0 Å². The first-order valence-corrected chi connectivity index (χ1v) is 15.1. The second-order valence-corrected chi connectivity index (χ2v) is 11.6. The summed E-state index contributed by atoms with van der Waals surface area (Å²) < 4.78 is 24.6. The number of halogens is 2. The molecule has 2 amide bonds. The molecule has 1 aromatic carbocycles. The van der Waals surface area contributed by atoms with E-state index < -0.39 is 34.5 Å². The topological polar surface area (TPSA) is 175 Å². The van der Waals surface area contributed by atoms with Crippen molar-refractivity contribution < 1.29 is 23.8 Å². The molecule has 1 fully saturated rings. The number of benzene rings is 1. The molecule has 0 aliphatic carbocycles. The third-order valence-corrected chi connectivity index (χ3v) is 8.06. The number of ether oxygens (including phenoxy) is 1. The molecular weight excluding hydrogens is 645 g/mol. The van der Waals surface area contributed by atoms with Crippen LogP contribution in [0.2, 0.25) is 5.02 Å². The van der Waals surface area contributed by atoms with Gasteiger partial charge in [-0.05, 0) is 24.6 Å². The van der Waals surface area contributed by atoms with Gasteiger partial charge in [-0.25, -0.2) is 14.4 Å². The molecule has 1 saturated heterocycles. The number of nitrogens with zero attached hydrogens (tertiary/aromatic N) is 7. The minimum absolute atomic E-state index is 0.0273. The number of morpholine rings is 1. The number of phenols is 1. The van der Waals surface area contributed by atoms with Gasteiger partial charge in [0.25, 0.3) is 11.5 Å². The van der Waals surface area contributed by atoms with Gasteiger partial charge in [0.2, 0.25) is 5.91 Å². The third kappa shape index (κ3) is 6.43. The van der Waals surface area contributed by atoms with Gasteiger partial charge in [-0.2, -0.15) is 5.10 Å². The number of carbonyl (C=O) groups excluding carboxylic acids is 2. The van der Waals surface area contributed by atoms with Crippen LogP contribution in [-0.2, 0) is 29.7 Å². The van der Waals surface area contributed by atoms with E-state index in [1.165, 1.54) is 33.9 Å². The van der Waals surface area contributed by atoms with Crippen LogP contribution in [0.25, 0.3) is 22.2 Å². The highest BCUT2D eigenvalue weighted by molar-refractivity contribution is 6.33. The Morgan fingerprint density at radius 1 is 1.21 bits per heavy atom. The molecule has 4 aromatic heterocycles. The van der Waals surface area contributed by atoms with Crippen molar-refractivity contribution in [1.29, 1.82) is 0 Å². The van der Waals surface area contributed by atoms with E-state index in [2.05, 4.69) is 37.1 Å². The van der Waals surface area contributed by atoms with Crippen molar-refractivity contribution in [3.05, 3.63) is 81.6 Å². The molecule has 6 rings (SSSR count). The Morgan fingerprint density at radius 2 is 2.02 bits per heavy atom. The van der Waals surface area contributed by atoms with Gasteiger partial charge in [0.1, 0.15) is 24.3 Å². The van der Waals surface area contributed by atoms with Crippen molar-refractivity contribution in [3.63, 3.8) is 0 Å². The van der Waals surface area contributed by atoms with Crippen molar-refractivity contribution in [2.24, 2.45) is 12.8 Å². The lowest BCUT2D eigenvalue weighted by atomic mass is 10.0. The zero-order valence-electron chi connectivity index (χ0n) is 25.8. The molecule has 4 N–H and O–H groups in total. The van der Waals surface area contributed by atoms with Crippen molar-refractivity contribution in [3.8, 4) is 28.7 Å². The van der Waals surface area contributed by atoms with Gasteiger partial charge in [-0.1, -0.05) is 23.4 Å². The Kier molecular flexibility index (Phi) is 8.85. The van der Waals surface area contributed by atoms with E-state index in [1.807, 2.05) is 6.92 Å². The van der Waals surface area contributed by atoms with Crippen LogP contribution in [0.4, 0.5) is 15.9 Å². The summed E-state index contributed by atoms with van der Waals surface area (Å²) in [5.41, 5.74) is 5.66. The first-order valence-electron chi connectivity index (χ1n) is 14.7. The van der Waals surface area contributed by atoms with Crippen LogP contribution >= 0.6 is 11.6 Å². The smallest absolute Gasteiger partial charge is 0.264 e. The number of nitrogens with two attached hydrogens (primary N) is 1. The molecule has 16 heteroatoms. The molecule has 0 unspecified atom stereocenters. The molecule has 0 bridgehead atoms. The fourth-order valence-corrected chi connectivity index (χ4v) is 5.57. The number of hydrogen-bond acceptors (Lipinski definition) is 9. The molecule has 246 valence electrons. The molecule has 5 heterocycles. The second kappa shape index (κ2) is 13.2. The number of fused-ring (bicyclic) bond motifs is 1. The second-order valence-electron chi connectivity index (χ2n) is 11.2. The molecule has 0 spiro atoms. The Morgan fingerprint density at radius 3 is 2.75 bits per heavy atom. The number of nitrogens with one attached hydrogen (secondary N) is 1. The quantitative estimate of drug-likeness (QED) is 0.219. The van der Waals surface area contributed by atoms with Gasteiger partial charge in [-0.15, -0.1) is 0 Å². The number of aromatic nitrogens is 6. The van der Waals surface area contributed by atoms with Gasteiger partial charge in [0.15, 0.2) is 11.6 Å². The highest BCUT2D eigenvalue weighted by Crippen LogP contribution is 2.33. The average molecular weight is 674 g/mol. The molecule has 0 saturated carbocycles. The van der Waals surface area contributed by atoms with Crippen LogP contribution in [0.1, 0.15) is 22.8 Å². The number of aryl methyl sites for hydroxylation is 1. The van der Waals surface area contributed by atoms with Crippen LogP contribution in [-0.4, -0.2) is 71.6 Å². The van der Waals surface area contributed by atoms with Crippen LogP contribution < -0.4 is 21.5 Å². The van der Waals surface area contributed by atoms with Crippen molar-refractivity contribution >= 4 is 46.0 Å². The van der Waals surface area contributed by atoms with E-state index in [-0.39, 0.29) is 46.3 Å². The summed E-state index contributed by atoms with van der Waals surface area (Å²) >= 11 is 6.39. The zero-order chi connectivity index (χ0) is 34.1. The average Bonchev–Trinajstić information content (AvgIpc) is 3.64. The number of amides is 2.